The fourth-order valence-electron chi connectivity index (χ4n) is 5.14. The summed E-state index contributed by atoms with van der Waals surface area (Å²) in [6, 6.07) is 62.0. The Kier molecular flexibility index (Phi) is 12.3. The van der Waals surface area contributed by atoms with E-state index in [-0.39, 0.29) is 0 Å². The molecule has 0 radical (unpaired) electrons. The Balaban J connectivity index is 0.000000185. The zero-order valence-electron chi connectivity index (χ0n) is 27.2. The minimum Gasteiger partial charge on any atom is -0.261 e. The third-order valence-corrected chi connectivity index (χ3v) is 7.58. The molecule has 0 aromatic heterocycles. The van der Waals surface area contributed by atoms with E-state index in [1.54, 1.807) is 0 Å². The Bertz CT molecular complexity index is 1750. The molecule has 0 aliphatic carbocycles. The molecule has 0 N–H and O–H groups in total. The van der Waals surface area contributed by atoms with Crippen LogP contribution in [0.25, 0.3) is 0 Å². The van der Waals surface area contributed by atoms with Gasteiger partial charge in [-0.15, -0.1) is 0 Å². The summed E-state index contributed by atoms with van der Waals surface area (Å²) >= 11 is 0. The number of hydrogen-bond donors (Lipinski definition) is 0. The van der Waals surface area contributed by atoms with Gasteiger partial charge in [-0.1, -0.05) is 159 Å². The molecule has 6 aromatic rings. The molecule has 0 saturated heterocycles. The van der Waals surface area contributed by atoms with Crippen LogP contribution in [-0.4, -0.2) is 11.4 Å². The molecule has 234 valence electrons. The summed E-state index contributed by atoms with van der Waals surface area (Å²) in [5.41, 5.74) is 8.95. The molecule has 0 spiro atoms. The summed E-state index contributed by atoms with van der Waals surface area (Å²) < 4.78 is 0. The van der Waals surface area contributed by atoms with Crippen molar-refractivity contribution in [2.24, 2.45) is 10.2 Å². The second kappa shape index (κ2) is 17.7. The lowest BCUT2D eigenvalue weighted by Gasteiger charge is -2.21. The minimum absolute atomic E-state index is 0.751. The third kappa shape index (κ3) is 9.62. The van der Waals surface area contributed by atoms with Gasteiger partial charge in [0.15, 0.2) is 0 Å². The molecule has 4 nitrogen and oxygen atoms in total. The lowest BCUT2D eigenvalue weighted by Crippen LogP contribution is -2.19. The molecule has 0 aliphatic heterocycles. The Labute approximate surface area is 280 Å². The predicted molar refractivity (Wildman–Crippen MR) is 201 cm³/mol. The summed E-state index contributed by atoms with van der Waals surface area (Å²) in [5, 5.41) is 14.0. The normalized spacial score (nSPS) is 11.3. The predicted octanol–water partition coefficient (Wildman–Crippen LogP) is 11.1. The van der Waals surface area contributed by atoms with Gasteiger partial charge in [-0.3, -0.25) is 5.01 Å². The van der Waals surface area contributed by atoms with Gasteiger partial charge >= 0.3 is 0 Å². The van der Waals surface area contributed by atoms with Crippen LogP contribution in [0.4, 0.5) is 17.1 Å². The maximum atomic E-state index is 4.98. The monoisotopic (exact) mass is 614 g/mol. The molecule has 0 atom stereocenters. The SMILES string of the molecule is CC/C(=N/N(Cc1ccccc1)c1ccccc1)c1ccccc1.CC/C(=N/N(c1ccccc1)c1ccccc1)c1ccccc1. The third-order valence-electron chi connectivity index (χ3n) is 7.58. The van der Waals surface area contributed by atoms with Gasteiger partial charge in [0.05, 0.1) is 35.0 Å². The molecule has 0 fully saturated rings. The van der Waals surface area contributed by atoms with Crippen molar-refractivity contribution in [2.75, 3.05) is 10.0 Å². The van der Waals surface area contributed by atoms with Gasteiger partial charge in [-0.05, 0) is 65.9 Å². The molecule has 0 aliphatic rings. The fourth-order valence-corrected chi connectivity index (χ4v) is 5.14. The first-order valence-corrected chi connectivity index (χ1v) is 16.3. The standard InChI is InChI=1S/C22H22N2.C21H20N2/c1-2-22(20-14-8-4-9-15-20)23-24(21-16-10-5-11-17-21)18-19-12-6-3-7-13-19;1-2-21(18-12-6-3-7-13-18)22-23(19-14-8-4-9-15-19)20-16-10-5-11-17-20/h3-17H,2,18H2,1H3;3-17H,2H2,1H3/b23-22-;22-21-. The van der Waals surface area contributed by atoms with E-state index in [9.17, 15) is 0 Å². The Morgan fingerprint density at radius 3 is 1.15 bits per heavy atom. The van der Waals surface area contributed by atoms with Gasteiger partial charge in [0.2, 0.25) is 0 Å². The van der Waals surface area contributed by atoms with Crippen LogP contribution in [0, 0.1) is 0 Å². The number of rotatable bonds is 11. The van der Waals surface area contributed by atoms with Gasteiger partial charge in [0.25, 0.3) is 0 Å². The van der Waals surface area contributed by atoms with E-state index in [1.807, 2.05) is 65.7 Å². The van der Waals surface area contributed by atoms with Crippen LogP contribution < -0.4 is 10.0 Å². The highest BCUT2D eigenvalue weighted by Gasteiger charge is 2.11. The number of nitrogens with zero attached hydrogens (tertiary/aromatic N) is 4. The van der Waals surface area contributed by atoms with Crippen molar-refractivity contribution in [1.29, 1.82) is 0 Å². The summed E-state index contributed by atoms with van der Waals surface area (Å²) in [6.07, 6.45) is 1.77. The van der Waals surface area contributed by atoms with Crippen LogP contribution in [0.3, 0.4) is 0 Å². The molecule has 0 heterocycles. The molecule has 6 aromatic carbocycles. The van der Waals surface area contributed by atoms with E-state index in [0.717, 1.165) is 53.4 Å². The molecule has 0 saturated carbocycles. The topological polar surface area (TPSA) is 31.2 Å². The first kappa shape index (κ1) is 32.6. The van der Waals surface area contributed by atoms with Gasteiger partial charge in [0.1, 0.15) is 0 Å². The van der Waals surface area contributed by atoms with Crippen LogP contribution in [0.5, 0.6) is 0 Å². The molecule has 0 unspecified atom stereocenters. The molecule has 47 heavy (non-hydrogen) atoms. The lowest BCUT2D eigenvalue weighted by atomic mass is 10.1. The van der Waals surface area contributed by atoms with Crippen molar-refractivity contribution >= 4 is 28.5 Å². The number of para-hydroxylation sites is 3. The Hall–Kier alpha value is -5.74. The van der Waals surface area contributed by atoms with Crippen LogP contribution in [0.2, 0.25) is 0 Å². The van der Waals surface area contributed by atoms with E-state index in [2.05, 4.69) is 140 Å². The van der Waals surface area contributed by atoms with Crippen molar-refractivity contribution in [3.63, 3.8) is 0 Å². The average molecular weight is 615 g/mol. The molecular weight excluding hydrogens is 573 g/mol. The lowest BCUT2D eigenvalue weighted by molar-refractivity contribution is 0.850. The van der Waals surface area contributed by atoms with Crippen molar-refractivity contribution in [2.45, 2.75) is 33.2 Å². The van der Waals surface area contributed by atoms with Crippen LogP contribution in [0.1, 0.15) is 43.4 Å². The molecule has 0 bridgehead atoms. The summed E-state index contributed by atoms with van der Waals surface area (Å²) in [7, 11) is 0. The molecule has 4 heteroatoms. The van der Waals surface area contributed by atoms with Crippen molar-refractivity contribution in [1.82, 2.24) is 0 Å². The van der Waals surface area contributed by atoms with E-state index in [1.165, 1.54) is 11.1 Å². The van der Waals surface area contributed by atoms with Crippen molar-refractivity contribution in [3.05, 3.63) is 199 Å². The Morgan fingerprint density at radius 1 is 0.404 bits per heavy atom. The van der Waals surface area contributed by atoms with E-state index in [0.29, 0.717) is 0 Å². The molecular formula is C43H42N4. The van der Waals surface area contributed by atoms with Gasteiger partial charge in [-0.2, -0.15) is 10.2 Å². The first-order valence-electron chi connectivity index (χ1n) is 16.3. The molecule has 0 amide bonds. The zero-order chi connectivity index (χ0) is 32.5. The van der Waals surface area contributed by atoms with Gasteiger partial charge in [0, 0.05) is 0 Å². The second-order valence-electron chi connectivity index (χ2n) is 10.9. The van der Waals surface area contributed by atoms with Crippen molar-refractivity contribution in [3.8, 4) is 0 Å². The number of hydrazone groups is 2. The number of benzene rings is 6. The maximum absolute atomic E-state index is 4.98. The van der Waals surface area contributed by atoms with E-state index in [4.69, 9.17) is 10.2 Å². The van der Waals surface area contributed by atoms with E-state index < -0.39 is 0 Å². The van der Waals surface area contributed by atoms with Crippen LogP contribution in [0.15, 0.2) is 192 Å². The van der Waals surface area contributed by atoms with Gasteiger partial charge < -0.3 is 0 Å². The number of anilines is 3. The highest BCUT2D eigenvalue weighted by Crippen LogP contribution is 2.26. The quantitative estimate of drug-likeness (QED) is 0.107. The first-order chi connectivity index (χ1) is 23.2. The van der Waals surface area contributed by atoms with Crippen LogP contribution in [-0.2, 0) is 6.54 Å². The fraction of sp³-hybridized carbons (Fsp3) is 0.116. The highest BCUT2D eigenvalue weighted by molar-refractivity contribution is 6.01. The summed E-state index contributed by atoms with van der Waals surface area (Å²) in [4.78, 5) is 0. The zero-order valence-corrected chi connectivity index (χ0v) is 27.2. The summed E-state index contributed by atoms with van der Waals surface area (Å²) in [5.74, 6) is 0. The maximum Gasteiger partial charge on any atom is 0.0683 e. The Morgan fingerprint density at radius 2 is 0.745 bits per heavy atom. The minimum atomic E-state index is 0.751. The second-order valence-corrected chi connectivity index (χ2v) is 10.9. The smallest absolute Gasteiger partial charge is 0.0683 e. The number of hydrogen-bond acceptors (Lipinski definition) is 4. The van der Waals surface area contributed by atoms with Gasteiger partial charge in [-0.25, -0.2) is 5.01 Å². The van der Waals surface area contributed by atoms with E-state index >= 15 is 0 Å². The van der Waals surface area contributed by atoms with Crippen LogP contribution >= 0.6 is 0 Å². The van der Waals surface area contributed by atoms with Crippen molar-refractivity contribution < 1.29 is 0 Å². The summed E-state index contributed by atoms with van der Waals surface area (Å²) in [6.45, 7) is 5.04. The average Bonchev–Trinajstić information content (AvgIpc) is 3.16. The molecule has 6 rings (SSSR count). The largest absolute Gasteiger partial charge is 0.261 e. The highest BCUT2D eigenvalue weighted by atomic mass is 15.5.